The molecule has 0 N–H and O–H groups in total. The quantitative estimate of drug-likeness (QED) is 0.727. The predicted molar refractivity (Wildman–Crippen MR) is 58.1 cm³/mol. The zero-order valence-electron chi connectivity index (χ0n) is 9.83. The van der Waals surface area contributed by atoms with Crippen LogP contribution in [0.2, 0.25) is 0 Å². The van der Waals surface area contributed by atoms with Gasteiger partial charge < -0.3 is 9.47 Å². The molecule has 88 valence electrons. The average Bonchev–Trinajstić information content (AvgIpc) is 2.14. The van der Waals surface area contributed by atoms with Gasteiger partial charge >= 0.3 is 5.97 Å². The Bertz CT molecular complexity index is 394. The Morgan fingerprint density at radius 1 is 1.31 bits per heavy atom. The molecule has 1 aromatic rings. The highest BCUT2D eigenvalue weighted by Gasteiger charge is 2.23. The molecule has 1 aromatic carbocycles. The Morgan fingerprint density at radius 2 is 1.94 bits per heavy atom. The van der Waals surface area contributed by atoms with E-state index in [9.17, 15) is 9.18 Å². The van der Waals surface area contributed by atoms with Crippen LogP contribution in [0.25, 0.3) is 0 Å². The molecule has 0 amide bonds. The molecule has 0 aromatic heterocycles. The molecule has 0 unspecified atom stereocenters. The van der Waals surface area contributed by atoms with Gasteiger partial charge in [0, 0.05) is 0 Å². The first-order chi connectivity index (χ1) is 7.35. The smallest absolute Gasteiger partial charge is 0.345 e. The Morgan fingerprint density at radius 3 is 2.44 bits per heavy atom. The monoisotopic (exact) mass is 226 g/mol. The molecule has 0 saturated carbocycles. The van der Waals surface area contributed by atoms with Crippen LogP contribution in [0.3, 0.4) is 0 Å². The number of benzene rings is 1. The summed E-state index contributed by atoms with van der Waals surface area (Å²) in [6.45, 7) is 5.16. The van der Waals surface area contributed by atoms with E-state index < -0.39 is 17.4 Å². The maximum atomic E-state index is 13.5. The van der Waals surface area contributed by atoms with Crippen molar-refractivity contribution in [1.29, 1.82) is 0 Å². The van der Waals surface area contributed by atoms with Crippen molar-refractivity contribution in [2.45, 2.75) is 26.4 Å². The minimum Gasteiger partial charge on any atom is -0.496 e. The fourth-order valence-electron chi connectivity index (χ4n) is 1.20. The average molecular weight is 226 g/mol. The molecule has 0 aliphatic heterocycles. The predicted octanol–water partition coefficient (Wildman–Crippen LogP) is 2.79. The van der Waals surface area contributed by atoms with Crippen LogP contribution < -0.4 is 4.74 Å². The van der Waals surface area contributed by atoms with Gasteiger partial charge in [-0.05, 0) is 32.9 Å². The highest BCUT2D eigenvalue weighted by atomic mass is 19.1. The number of carbonyl (C=O) groups is 1. The lowest BCUT2D eigenvalue weighted by Crippen LogP contribution is -2.24. The van der Waals surface area contributed by atoms with Crippen LogP contribution in [0, 0.1) is 5.82 Å². The van der Waals surface area contributed by atoms with E-state index in [2.05, 4.69) is 0 Å². The minimum absolute atomic E-state index is 0.167. The highest BCUT2D eigenvalue weighted by molar-refractivity contribution is 5.93. The van der Waals surface area contributed by atoms with Gasteiger partial charge in [0.05, 0.1) is 7.11 Å². The van der Waals surface area contributed by atoms with E-state index in [4.69, 9.17) is 9.47 Å². The molecule has 0 aliphatic carbocycles. The van der Waals surface area contributed by atoms with Crippen molar-refractivity contribution in [3.05, 3.63) is 29.6 Å². The number of carbonyl (C=O) groups excluding carboxylic acids is 1. The third kappa shape index (κ3) is 2.95. The SMILES string of the molecule is COc1cccc(F)c1C(=O)OC(C)(C)C. The summed E-state index contributed by atoms with van der Waals surface area (Å²) in [6.07, 6.45) is 0. The Hall–Kier alpha value is -1.58. The van der Waals surface area contributed by atoms with Gasteiger partial charge in [-0.2, -0.15) is 0 Å². The van der Waals surface area contributed by atoms with E-state index in [0.29, 0.717) is 0 Å². The van der Waals surface area contributed by atoms with Gasteiger partial charge in [-0.25, -0.2) is 9.18 Å². The molecule has 0 spiro atoms. The van der Waals surface area contributed by atoms with Gasteiger partial charge in [0.15, 0.2) is 0 Å². The van der Waals surface area contributed by atoms with Crippen molar-refractivity contribution in [3.8, 4) is 5.75 Å². The van der Waals surface area contributed by atoms with E-state index in [-0.39, 0.29) is 11.3 Å². The summed E-state index contributed by atoms with van der Waals surface area (Å²) in [6, 6.07) is 4.19. The first-order valence-electron chi connectivity index (χ1n) is 4.91. The van der Waals surface area contributed by atoms with Crippen LogP contribution in [0.4, 0.5) is 4.39 Å². The molecule has 0 heterocycles. The van der Waals surface area contributed by atoms with Crippen LogP contribution in [-0.4, -0.2) is 18.7 Å². The molecule has 1 rings (SSSR count). The van der Waals surface area contributed by atoms with Crippen molar-refractivity contribution in [2.75, 3.05) is 7.11 Å². The number of hydrogen-bond donors (Lipinski definition) is 0. The van der Waals surface area contributed by atoms with Gasteiger partial charge in [-0.3, -0.25) is 0 Å². The summed E-state index contributed by atoms with van der Waals surface area (Å²) in [5.41, 5.74) is -0.829. The van der Waals surface area contributed by atoms with Gasteiger partial charge in [0.1, 0.15) is 22.7 Å². The molecule has 0 aliphatic rings. The first kappa shape index (κ1) is 12.5. The van der Waals surface area contributed by atoms with Crippen molar-refractivity contribution < 1.29 is 18.7 Å². The Kier molecular flexibility index (Phi) is 3.52. The van der Waals surface area contributed by atoms with Crippen LogP contribution in [0.15, 0.2) is 18.2 Å². The van der Waals surface area contributed by atoms with Gasteiger partial charge in [-0.15, -0.1) is 0 Å². The van der Waals surface area contributed by atoms with Gasteiger partial charge in [0.2, 0.25) is 0 Å². The van der Waals surface area contributed by atoms with E-state index in [0.717, 1.165) is 0 Å². The molecule has 0 atom stereocenters. The zero-order valence-corrected chi connectivity index (χ0v) is 9.83. The second kappa shape index (κ2) is 4.51. The normalized spacial score (nSPS) is 11.1. The summed E-state index contributed by atoms with van der Waals surface area (Å²) < 4.78 is 23.5. The number of methoxy groups -OCH3 is 1. The summed E-state index contributed by atoms with van der Waals surface area (Å²) in [5.74, 6) is -1.19. The first-order valence-corrected chi connectivity index (χ1v) is 4.91. The third-order valence-electron chi connectivity index (χ3n) is 1.80. The van der Waals surface area contributed by atoms with Crippen molar-refractivity contribution in [1.82, 2.24) is 0 Å². The maximum Gasteiger partial charge on any atom is 0.345 e. The number of hydrogen-bond acceptors (Lipinski definition) is 3. The molecule has 0 fully saturated rings. The minimum atomic E-state index is -0.720. The summed E-state index contributed by atoms with van der Waals surface area (Å²) >= 11 is 0. The van der Waals surface area contributed by atoms with E-state index in [1.807, 2.05) is 0 Å². The van der Waals surface area contributed by atoms with Crippen molar-refractivity contribution >= 4 is 5.97 Å². The van der Waals surface area contributed by atoms with E-state index >= 15 is 0 Å². The molecule has 0 radical (unpaired) electrons. The zero-order chi connectivity index (χ0) is 12.3. The second-order valence-corrected chi connectivity index (χ2v) is 4.32. The fraction of sp³-hybridized carbons (Fsp3) is 0.417. The third-order valence-corrected chi connectivity index (χ3v) is 1.80. The number of halogens is 1. The van der Waals surface area contributed by atoms with Crippen molar-refractivity contribution in [3.63, 3.8) is 0 Å². The molecule has 4 heteroatoms. The lowest BCUT2D eigenvalue weighted by molar-refractivity contribution is 0.00615. The number of ether oxygens (including phenoxy) is 2. The lowest BCUT2D eigenvalue weighted by Gasteiger charge is -2.20. The Balaban J connectivity index is 3.08. The van der Waals surface area contributed by atoms with E-state index in [1.54, 1.807) is 20.8 Å². The number of rotatable bonds is 2. The van der Waals surface area contributed by atoms with Crippen LogP contribution in [0.5, 0.6) is 5.75 Å². The number of esters is 1. The summed E-state index contributed by atoms with van der Waals surface area (Å²) in [7, 11) is 1.38. The van der Waals surface area contributed by atoms with Crippen LogP contribution >= 0.6 is 0 Å². The lowest BCUT2D eigenvalue weighted by atomic mass is 10.1. The summed E-state index contributed by atoms with van der Waals surface area (Å²) in [5, 5.41) is 0. The fourth-order valence-corrected chi connectivity index (χ4v) is 1.20. The topological polar surface area (TPSA) is 35.5 Å². The molecular formula is C12H15FO3. The van der Waals surface area contributed by atoms with E-state index in [1.165, 1.54) is 25.3 Å². The van der Waals surface area contributed by atoms with Crippen LogP contribution in [0.1, 0.15) is 31.1 Å². The standard InChI is InChI=1S/C12H15FO3/c1-12(2,3)16-11(14)10-8(13)6-5-7-9(10)15-4/h5-7H,1-4H3. The summed E-state index contributed by atoms with van der Waals surface area (Å²) in [4.78, 5) is 11.7. The maximum absolute atomic E-state index is 13.5. The van der Waals surface area contributed by atoms with Gasteiger partial charge in [0.25, 0.3) is 0 Å². The molecular weight excluding hydrogens is 211 g/mol. The largest absolute Gasteiger partial charge is 0.496 e. The Labute approximate surface area is 94.2 Å². The molecule has 0 bridgehead atoms. The van der Waals surface area contributed by atoms with Gasteiger partial charge in [-0.1, -0.05) is 6.07 Å². The molecule has 0 saturated heterocycles. The highest BCUT2D eigenvalue weighted by Crippen LogP contribution is 2.23. The molecule has 16 heavy (non-hydrogen) atoms. The second-order valence-electron chi connectivity index (χ2n) is 4.32. The molecule has 3 nitrogen and oxygen atoms in total. The van der Waals surface area contributed by atoms with Crippen molar-refractivity contribution in [2.24, 2.45) is 0 Å². The van der Waals surface area contributed by atoms with Crippen LogP contribution in [-0.2, 0) is 4.74 Å².